The summed E-state index contributed by atoms with van der Waals surface area (Å²) in [6.45, 7) is 4.10. The van der Waals surface area contributed by atoms with Crippen molar-refractivity contribution in [1.82, 2.24) is 5.32 Å². The van der Waals surface area contributed by atoms with E-state index in [-0.39, 0.29) is 5.82 Å². The van der Waals surface area contributed by atoms with Gasteiger partial charge in [-0.1, -0.05) is 0 Å². The molecule has 0 saturated heterocycles. The number of hydrogen-bond donors (Lipinski definition) is 1. The molecule has 1 aromatic rings. The molecule has 0 aromatic heterocycles. The number of rotatable bonds is 6. The van der Waals surface area contributed by atoms with Crippen LogP contribution in [0.4, 0.5) is 10.1 Å². The highest BCUT2D eigenvalue weighted by atomic mass is 32.2. The average molecular weight is 274 g/mol. The van der Waals surface area contributed by atoms with Gasteiger partial charge >= 0.3 is 0 Å². The van der Waals surface area contributed by atoms with E-state index in [1.165, 1.54) is 28.6 Å². The van der Waals surface area contributed by atoms with Crippen LogP contribution in [0.5, 0.6) is 0 Å². The van der Waals surface area contributed by atoms with Crippen LogP contribution in [-0.4, -0.2) is 33.8 Å². The van der Waals surface area contributed by atoms with Crippen molar-refractivity contribution in [2.45, 2.75) is 19.1 Å². The maximum Gasteiger partial charge on any atom is 0.239 e. The molecular formula is C12H19FN2O2S. The van der Waals surface area contributed by atoms with Crippen molar-refractivity contribution in [2.75, 3.05) is 24.4 Å². The molecule has 0 radical (unpaired) electrons. The van der Waals surface area contributed by atoms with Crippen LogP contribution in [0.25, 0.3) is 0 Å². The maximum atomic E-state index is 12.9. The number of nitrogens with zero attached hydrogens (tertiary/aromatic N) is 1. The van der Waals surface area contributed by atoms with Crippen LogP contribution in [-0.2, 0) is 10.0 Å². The van der Waals surface area contributed by atoms with Gasteiger partial charge in [-0.3, -0.25) is 4.31 Å². The molecule has 1 rings (SSSR count). The minimum atomic E-state index is -3.43. The van der Waals surface area contributed by atoms with Crippen LogP contribution >= 0.6 is 0 Å². The maximum absolute atomic E-state index is 12.9. The van der Waals surface area contributed by atoms with E-state index in [1.807, 2.05) is 0 Å². The molecule has 1 unspecified atom stereocenters. The zero-order valence-electron chi connectivity index (χ0n) is 10.9. The standard InChI is InChI=1S/C12H19FN2O2S/c1-4-15(12-7-5-11(13)6-8-12)18(16,17)10(2)9-14-3/h5-8,10,14H,4,9H2,1-3H3. The van der Waals surface area contributed by atoms with E-state index >= 15 is 0 Å². The lowest BCUT2D eigenvalue weighted by atomic mass is 10.3. The van der Waals surface area contributed by atoms with E-state index in [1.54, 1.807) is 20.9 Å². The highest BCUT2D eigenvalue weighted by Gasteiger charge is 2.27. The molecule has 1 atom stereocenters. The van der Waals surface area contributed by atoms with Gasteiger partial charge in [-0.2, -0.15) is 0 Å². The summed E-state index contributed by atoms with van der Waals surface area (Å²) in [5.74, 6) is -0.379. The number of hydrogen-bond acceptors (Lipinski definition) is 3. The van der Waals surface area contributed by atoms with Crippen molar-refractivity contribution < 1.29 is 12.8 Å². The van der Waals surface area contributed by atoms with Gasteiger partial charge in [-0.05, 0) is 45.2 Å². The van der Waals surface area contributed by atoms with Crippen molar-refractivity contribution in [3.05, 3.63) is 30.1 Å². The molecule has 0 spiro atoms. The Balaban J connectivity index is 3.06. The first-order chi connectivity index (χ1) is 8.43. The number of halogens is 1. The van der Waals surface area contributed by atoms with Gasteiger partial charge in [0.15, 0.2) is 0 Å². The van der Waals surface area contributed by atoms with E-state index in [4.69, 9.17) is 0 Å². The van der Waals surface area contributed by atoms with E-state index in [9.17, 15) is 12.8 Å². The summed E-state index contributed by atoms with van der Waals surface area (Å²) in [6.07, 6.45) is 0. The molecule has 6 heteroatoms. The molecule has 1 aromatic carbocycles. The Labute approximate surface area is 108 Å². The van der Waals surface area contributed by atoms with Crippen molar-refractivity contribution in [3.63, 3.8) is 0 Å². The molecule has 0 heterocycles. The Kier molecular flexibility index (Phi) is 5.10. The van der Waals surface area contributed by atoms with Crippen LogP contribution in [0.1, 0.15) is 13.8 Å². The van der Waals surface area contributed by atoms with Crippen molar-refractivity contribution >= 4 is 15.7 Å². The second kappa shape index (κ2) is 6.15. The molecule has 1 N–H and O–H groups in total. The minimum absolute atomic E-state index is 0.321. The first-order valence-electron chi connectivity index (χ1n) is 5.85. The first-order valence-corrected chi connectivity index (χ1v) is 7.35. The first kappa shape index (κ1) is 14.9. The molecule has 0 aliphatic rings. The number of nitrogens with one attached hydrogen (secondary N) is 1. The van der Waals surface area contributed by atoms with Gasteiger partial charge < -0.3 is 5.32 Å². The normalized spacial score (nSPS) is 13.3. The molecular weight excluding hydrogens is 255 g/mol. The van der Waals surface area contributed by atoms with E-state index in [0.29, 0.717) is 18.8 Å². The Morgan fingerprint density at radius 3 is 2.33 bits per heavy atom. The molecule has 0 amide bonds. The topological polar surface area (TPSA) is 49.4 Å². The van der Waals surface area contributed by atoms with Crippen LogP contribution in [0.2, 0.25) is 0 Å². The molecule has 0 aliphatic heterocycles. The average Bonchev–Trinajstić information content (AvgIpc) is 2.32. The highest BCUT2D eigenvalue weighted by Crippen LogP contribution is 2.20. The fourth-order valence-electron chi connectivity index (χ4n) is 1.73. The van der Waals surface area contributed by atoms with Gasteiger partial charge in [0.1, 0.15) is 5.82 Å². The summed E-state index contributed by atoms with van der Waals surface area (Å²) in [5, 5.41) is 2.31. The highest BCUT2D eigenvalue weighted by molar-refractivity contribution is 7.93. The van der Waals surface area contributed by atoms with E-state index in [0.717, 1.165) is 0 Å². The van der Waals surface area contributed by atoms with Gasteiger partial charge in [0.05, 0.1) is 10.9 Å². The van der Waals surface area contributed by atoms with Crippen LogP contribution in [0, 0.1) is 5.82 Å². The van der Waals surface area contributed by atoms with Crippen LogP contribution < -0.4 is 9.62 Å². The second-order valence-electron chi connectivity index (χ2n) is 4.05. The zero-order valence-corrected chi connectivity index (χ0v) is 11.7. The minimum Gasteiger partial charge on any atom is -0.318 e. The van der Waals surface area contributed by atoms with Crippen molar-refractivity contribution in [1.29, 1.82) is 0 Å². The fourth-order valence-corrected chi connectivity index (χ4v) is 3.31. The van der Waals surface area contributed by atoms with Gasteiger partial charge in [0.25, 0.3) is 0 Å². The summed E-state index contributed by atoms with van der Waals surface area (Å²) < 4.78 is 38.8. The summed E-state index contributed by atoms with van der Waals surface area (Å²) >= 11 is 0. The molecule has 4 nitrogen and oxygen atoms in total. The quantitative estimate of drug-likeness (QED) is 0.857. The van der Waals surface area contributed by atoms with Crippen molar-refractivity contribution in [3.8, 4) is 0 Å². The van der Waals surface area contributed by atoms with E-state index < -0.39 is 15.3 Å². The predicted octanol–water partition coefficient (Wildman–Crippen LogP) is 1.59. The molecule has 102 valence electrons. The summed E-state index contributed by atoms with van der Waals surface area (Å²) in [7, 11) is -1.72. The monoisotopic (exact) mass is 274 g/mol. The summed E-state index contributed by atoms with van der Waals surface area (Å²) in [5.41, 5.74) is 0.488. The third-order valence-electron chi connectivity index (χ3n) is 2.71. The number of anilines is 1. The number of sulfonamides is 1. The van der Waals surface area contributed by atoms with Crippen molar-refractivity contribution in [2.24, 2.45) is 0 Å². The predicted molar refractivity (Wildman–Crippen MR) is 71.7 cm³/mol. The third kappa shape index (κ3) is 3.20. The Hall–Kier alpha value is -1.14. The largest absolute Gasteiger partial charge is 0.318 e. The molecule has 0 aliphatic carbocycles. The Bertz CT molecular complexity index is 473. The van der Waals surface area contributed by atoms with E-state index in [2.05, 4.69) is 5.32 Å². The van der Waals surface area contributed by atoms with Crippen LogP contribution in [0.15, 0.2) is 24.3 Å². The molecule has 0 saturated carbocycles. The van der Waals surface area contributed by atoms with Gasteiger partial charge in [0.2, 0.25) is 10.0 Å². The molecule has 0 fully saturated rings. The van der Waals surface area contributed by atoms with Crippen LogP contribution in [0.3, 0.4) is 0 Å². The Morgan fingerprint density at radius 1 is 1.33 bits per heavy atom. The summed E-state index contributed by atoms with van der Waals surface area (Å²) in [4.78, 5) is 0. The zero-order chi connectivity index (χ0) is 13.8. The van der Waals surface area contributed by atoms with Gasteiger partial charge in [-0.25, -0.2) is 12.8 Å². The van der Waals surface area contributed by atoms with Gasteiger partial charge in [0, 0.05) is 13.1 Å². The van der Waals surface area contributed by atoms with Gasteiger partial charge in [-0.15, -0.1) is 0 Å². The lowest BCUT2D eigenvalue weighted by Crippen LogP contribution is -2.41. The smallest absolute Gasteiger partial charge is 0.239 e. The fraction of sp³-hybridized carbons (Fsp3) is 0.500. The Morgan fingerprint density at radius 2 is 1.89 bits per heavy atom. The lowest BCUT2D eigenvalue weighted by molar-refractivity contribution is 0.574. The third-order valence-corrected chi connectivity index (χ3v) is 4.98. The molecule has 18 heavy (non-hydrogen) atoms. The summed E-state index contributed by atoms with van der Waals surface area (Å²) in [6, 6.07) is 5.47. The molecule has 0 bridgehead atoms. The number of benzene rings is 1. The SMILES string of the molecule is CCN(c1ccc(F)cc1)S(=O)(=O)C(C)CNC. The lowest BCUT2D eigenvalue weighted by Gasteiger charge is -2.26. The second-order valence-corrected chi connectivity index (χ2v) is 6.33.